The molecule has 0 bridgehead atoms. The van der Waals surface area contributed by atoms with Crippen molar-refractivity contribution in [2.75, 3.05) is 0 Å². The number of allylic oxidation sites excluding steroid dienone is 1. The number of nitrogens with one attached hydrogen (secondary N) is 2. The van der Waals surface area contributed by atoms with E-state index in [-0.39, 0.29) is 24.3 Å². The maximum atomic E-state index is 13.1. The topological polar surface area (TPSA) is 105 Å². The molecule has 2 aliphatic rings. The number of hydrogen-bond donors (Lipinski definition) is 3. The van der Waals surface area contributed by atoms with E-state index in [1.807, 2.05) is 13.8 Å². The molecule has 0 unspecified atom stereocenters. The molecule has 2 fully saturated rings. The minimum Gasteiger partial charge on any atom is -0.461 e. The lowest BCUT2D eigenvalue weighted by Gasteiger charge is -2.41. The van der Waals surface area contributed by atoms with Gasteiger partial charge in [0.15, 0.2) is 5.54 Å². The first-order valence-electron chi connectivity index (χ1n) is 9.31. The van der Waals surface area contributed by atoms with Crippen LogP contribution in [0.15, 0.2) is 12.7 Å². The van der Waals surface area contributed by atoms with Crippen molar-refractivity contribution < 1.29 is 24.3 Å². The fourth-order valence-corrected chi connectivity index (χ4v) is 4.46. The third kappa shape index (κ3) is 3.24. The summed E-state index contributed by atoms with van der Waals surface area (Å²) in [5.74, 6) is -2.43. The Balaban J connectivity index is 2.48. The van der Waals surface area contributed by atoms with E-state index in [2.05, 4.69) is 11.9 Å². The summed E-state index contributed by atoms with van der Waals surface area (Å²) in [6.07, 6.45) is 5.32. The van der Waals surface area contributed by atoms with Gasteiger partial charge in [-0.25, -0.2) is 10.3 Å². The molecule has 3 atom stereocenters. The highest BCUT2D eigenvalue weighted by atomic mass is 16.5. The Morgan fingerprint density at radius 2 is 2.04 bits per heavy atom. The molecule has 0 radical (unpaired) electrons. The Bertz CT molecular complexity index is 584. The molecule has 2 amide bonds. The van der Waals surface area contributed by atoms with Crippen molar-refractivity contribution in [3.05, 3.63) is 12.7 Å². The molecule has 1 saturated heterocycles. The van der Waals surface area contributed by atoms with Gasteiger partial charge in [-0.1, -0.05) is 19.9 Å². The van der Waals surface area contributed by atoms with Crippen LogP contribution in [-0.2, 0) is 19.1 Å². The van der Waals surface area contributed by atoms with Gasteiger partial charge in [0.2, 0.25) is 5.91 Å². The normalized spacial score (nSPS) is 31.7. The second-order valence-corrected chi connectivity index (χ2v) is 8.01. The van der Waals surface area contributed by atoms with Gasteiger partial charge in [0.25, 0.3) is 5.91 Å². The Morgan fingerprint density at radius 3 is 2.54 bits per heavy atom. The van der Waals surface area contributed by atoms with Crippen molar-refractivity contribution in [3.63, 3.8) is 0 Å². The molecular weight excluding hydrogens is 336 g/mol. The lowest BCUT2D eigenvalue weighted by Crippen LogP contribution is -2.63. The first-order valence-corrected chi connectivity index (χ1v) is 9.31. The second kappa shape index (κ2) is 7.78. The van der Waals surface area contributed by atoms with Crippen LogP contribution >= 0.6 is 0 Å². The van der Waals surface area contributed by atoms with Gasteiger partial charge in [-0.15, -0.1) is 6.58 Å². The van der Waals surface area contributed by atoms with Crippen molar-refractivity contribution in [1.29, 1.82) is 0 Å². The minimum atomic E-state index is -1.58. The van der Waals surface area contributed by atoms with Gasteiger partial charge < -0.3 is 10.1 Å². The lowest BCUT2D eigenvalue weighted by atomic mass is 9.61. The van der Waals surface area contributed by atoms with E-state index in [1.54, 1.807) is 5.48 Å². The molecule has 1 aliphatic carbocycles. The van der Waals surface area contributed by atoms with Gasteiger partial charge in [0, 0.05) is 0 Å². The lowest BCUT2D eigenvalue weighted by molar-refractivity contribution is -0.168. The maximum absolute atomic E-state index is 13.1. The highest BCUT2D eigenvalue weighted by Gasteiger charge is 2.69. The van der Waals surface area contributed by atoms with Gasteiger partial charge in [-0.2, -0.15) is 0 Å². The Kier molecular flexibility index (Phi) is 6.11. The number of carbonyl (C=O) groups excluding carboxylic acids is 3. The highest BCUT2D eigenvalue weighted by molar-refractivity contribution is 6.04. The van der Waals surface area contributed by atoms with Gasteiger partial charge in [0.1, 0.15) is 6.10 Å². The summed E-state index contributed by atoms with van der Waals surface area (Å²) in [6, 6.07) is 0. The molecule has 3 N–H and O–H groups in total. The predicted octanol–water partition coefficient (Wildman–Crippen LogP) is 2.09. The largest absolute Gasteiger partial charge is 0.461 e. The summed E-state index contributed by atoms with van der Waals surface area (Å²) < 4.78 is 5.65. The average molecular weight is 366 g/mol. The summed E-state index contributed by atoms with van der Waals surface area (Å²) >= 11 is 0. The van der Waals surface area contributed by atoms with Crippen molar-refractivity contribution in [3.8, 4) is 0 Å². The predicted molar refractivity (Wildman–Crippen MR) is 95.0 cm³/mol. The molecule has 1 aliphatic heterocycles. The van der Waals surface area contributed by atoms with Crippen LogP contribution in [0.4, 0.5) is 0 Å². The van der Waals surface area contributed by atoms with Crippen molar-refractivity contribution >= 4 is 17.8 Å². The minimum absolute atomic E-state index is 0.0613. The summed E-state index contributed by atoms with van der Waals surface area (Å²) in [6.45, 7) is 9.09. The molecule has 0 aromatic rings. The summed E-state index contributed by atoms with van der Waals surface area (Å²) in [4.78, 5) is 38.7. The van der Waals surface area contributed by atoms with Crippen molar-refractivity contribution in [2.24, 2.45) is 17.3 Å². The molecule has 7 nitrogen and oxygen atoms in total. The molecule has 0 aromatic carbocycles. The third-order valence-electron chi connectivity index (χ3n) is 5.84. The van der Waals surface area contributed by atoms with Crippen LogP contribution in [0.5, 0.6) is 0 Å². The number of hydroxylamine groups is 1. The molecule has 1 heterocycles. The van der Waals surface area contributed by atoms with Gasteiger partial charge in [0.05, 0.1) is 11.3 Å². The Morgan fingerprint density at radius 1 is 1.42 bits per heavy atom. The second-order valence-electron chi connectivity index (χ2n) is 8.01. The van der Waals surface area contributed by atoms with Gasteiger partial charge in [-0.3, -0.25) is 14.8 Å². The van der Waals surface area contributed by atoms with E-state index in [0.29, 0.717) is 6.42 Å². The van der Waals surface area contributed by atoms with Crippen molar-refractivity contribution in [2.45, 2.75) is 70.9 Å². The van der Waals surface area contributed by atoms with Crippen LogP contribution < -0.4 is 10.8 Å². The molecular formula is C19H30N2O5. The summed E-state index contributed by atoms with van der Waals surface area (Å²) in [5, 5.41) is 12.1. The van der Waals surface area contributed by atoms with E-state index < -0.39 is 28.7 Å². The molecule has 0 spiro atoms. The standard InChI is InChI=1S/C19H30N2O5/c1-5-10-19(16(23)21-25)14(11-12(2)3)15(22)20-18(19,4)17(24)26-13-8-6-7-9-13/h5,12-14,25H,1,6-11H2,2-4H3,(H,20,22)(H,21,23)/t14-,18+,19+/m0/s1. The number of amides is 2. The number of carbonyl (C=O) groups is 3. The highest BCUT2D eigenvalue weighted by Crippen LogP contribution is 2.51. The zero-order valence-corrected chi connectivity index (χ0v) is 15.8. The molecule has 0 aromatic heterocycles. The van der Waals surface area contributed by atoms with Crippen LogP contribution in [0.1, 0.15) is 59.3 Å². The monoisotopic (exact) mass is 366 g/mol. The first kappa shape index (κ1) is 20.4. The fourth-order valence-electron chi connectivity index (χ4n) is 4.46. The summed E-state index contributed by atoms with van der Waals surface area (Å²) in [5.41, 5.74) is -1.40. The zero-order chi connectivity index (χ0) is 19.5. The molecule has 7 heteroatoms. The molecule has 1 saturated carbocycles. The number of esters is 1. The quantitative estimate of drug-likeness (QED) is 0.277. The van der Waals surface area contributed by atoms with Crippen LogP contribution in [0.3, 0.4) is 0 Å². The van der Waals surface area contributed by atoms with Crippen LogP contribution in [-0.4, -0.2) is 34.6 Å². The van der Waals surface area contributed by atoms with Gasteiger partial charge >= 0.3 is 5.97 Å². The zero-order valence-electron chi connectivity index (χ0n) is 15.8. The van der Waals surface area contributed by atoms with Crippen LogP contribution in [0, 0.1) is 17.3 Å². The van der Waals surface area contributed by atoms with E-state index >= 15 is 0 Å². The Hall–Kier alpha value is -1.89. The third-order valence-corrected chi connectivity index (χ3v) is 5.84. The van der Waals surface area contributed by atoms with E-state index in [1.165, 1.54) is 13.0 Å². The van der Waals surface area contributed by atoms with E-state index in [9.17, 15) is 19.6 Å². The number of rotatable bonds is 7. The maximum Gasteiger partial charge on any atom is 0.333 e. The smallest absolute Gasteiger partial charge is 0.333 e. The van der Waals surface area contributed by atoms with Gasteiger partial charge in [-0.05, 0) is 51.4 Å². The fraction of sp³-hybridized carbons (Fsp3) is 0.737. The molecule has 26 heavy (non-hydrogen) atoms. The first-order chi connectivity index (χ1) is 12.2. The van der Waals surface area contributed by atoms with Crippen LogP contribution in [0.2, 0.25) is 0 Å². The average Bonchev–Trinajstić information content (AvgIpc) is 3.15. The summed E-state index contributed by atoms with van der Waals surface area (Å²) in [7, 11) is 0. The van der Waals surface area contributed by atoms with E-state index in [4.69, 9.17) is 4.74 Å². The van der Waals surface area contributed by atoms with E-state index in [0.717, 1.165) is 25.7 Å². The SMILES string of the molecule is C=CC[C@]1(C(=O)NO)[C@@H](CC(C)C)C(=O)N[C@]1(C)C(=O)OC1CCCC1. The van der Waals surface area contributed by atoms with Crippen molar-refractivity contribution in [1.82, 2.24) is 10.8 Å². The number of ether oxygens (including phenoxy) is 1. The molecule has 146 valence electrons. The van der Waals surface area contributed by atoms with Crippen LogP contribution in [0.25, 0.3) is 0 Å². The number of hydrogen-bond acceptors (Lipinski definition) is 5. The Labute approximate surface area is 154 Å². The molecule has 2 rings (SSSR count).